The Morgan fingerprint density at radius 1 is 0.833 bits per heavy atom. The summed E-state index contributed by atoms with van der Waals surface area (Å²) >= 11 is 0. The smallest absolute Gasteiger partial charge is 0.226 e. The quantitative estimate of drug-likeness (QED) is 0.812. The summed E-state index contributed by atoms with van der Waals surface area (Å²) in [5, 5.41) is 0. The number of hydrogen-bond donors (Lipinski definition) is 0. The summed E-state index contributed by atoms with van der Waals surface area (Å²) in [6.45, 7) is 1.83. The number of carbonyl (C=O) groups is 1. The van der Waals surface area contributed by atoms with Crippen molar-refractivity contribution in [2.24, 2.45) is 5.92 Å². The highest BCUT2D eigenvalue weighted by molar-refractivity contribution is 5.79. The summed E-state index contributed by atoms with van der Waals surface area (Å²) in [5.74, 6) is 1.19. The standard InChI is InChI=1S/C22H25NO/c24-22(21-11-10-18-8-4-5-9-20(18)16-21)23-14-12-19(13-15-23)17-6-2-1-3-7-17/h1-9,19,21H,10-16H2. The van der Waals surface area contributed by atoms with Gasteiger partial charge in [-0.25, -0.2) is 0 Å². The number of aryl methyl sites for hydroxylation is 1. The van der Waals surface area contributed by atoms with Gasteiger partial charge in [0.25, 0.3) is 0 Å². The van der Waals surface area contributed by atoms with Crippen molar-refractivity contribution in [3.05, 3.63) is 71.3 Å². The van der Waals surface area contributed by atoms with Gasteiger partial charge in [0.05, 0.1) is 0 Å². The normalized spacial score (nSPS) is 21.3. The molecule has 2 aromatic rings. The van der Waals surface area contributed by atoms with Gasteiger partial charge in [-0.05, 0) is 54.7 Å². The second-order valence-corrected chi connectivity index (χ2v) is 7.22. The van der Waals surface area contributed by atoms with Crippen LogP contribution in [0.15, 0.2) is 54.6 Å². The van der Waals surface area contributed by atoms with Gasteiger partial charge >= 0.3 is 0 Å². The van der Waals surface area contributed by atoms with Crippen LogP contribution in [0, 0.1) is 5.92 Å². The van der Waals surface area contributed by atoms with E-state index in [9.17, 15) is 4.79 Å². The molecule has 1 unspecified atom stereocenters. The summed E-state index contributed by atoms with van der Waals surface area (Å²) in [7, 11) is 0. The zero-order valence-corrected chi connectivity index (χ0v) is 14.2. The van der Waals surface area contributed by atoms with Crippen molar-refractivity contribution in [1.29, 1.82) is 0 Å². The van der Waals surface area contributed by atoms with Gasteiger partial charge in [-0.1, -0.05) is 54.6 Å². The molecule has 1 amide bonds. The molecule has 1 fully saturated rings. The molecule has 24 heavy (non-hydrogen) atoms. The van der Waals surface area contributed by atoms with Crippen LogP contribution in [0.25, 0.3) is 0 Å². The Bertz CT molecular complexity index is 701. The lowest BCUT2D eigenvalue weighted by molar-refractivity contribution is -0.137. The lowest BCUT2D eigenvalue weighted by Gasteiger charge is -2.35. The van der Waals surface area contributed by atoms with E-state index in [1.165, 1.54) is 16.7 Å². The van der Waals surface area contributed by atoms with E-state index < -0.39 is 0 Å². The molecule has 0 bridgehead atoms. The molecular formula is C22H25NO. The molecule has 2 aromatic carbocycles. The Hall–Kier alpha value is -2.09. The van der Waals surface area contributed by atoms with E-state index >= 15 is 0 Å². The van der Waals surface area contributed by atoms with Crippen molar-refractivity contribution in [2.45, 2.75) is 38.0 Å². The first-order chi connectivity index (χ1) is 11.8. The zero-order valence-electron chi connectivity index (χ0n) is 14.2. The van der Waals surface area contributed by atoms with Crippen LogP contribution in [0.1, 0.15) is 41.9 Å². The van der Waals surface area contributed by atoms with Crippen molar-refractivity contribution in [1.82, 2.24) is 4.90 Å². The molecule has 0 saturated carbocycles. The van der Waals surface area contributed by atoms with Crippen molar-refractivity contribution in [2.75, 3.05) is 13.1 Å². The zero-order chi connectivity index (χ0) is 16.4. The molecule has 4 rings (SSSR count). The fourth-order valence-electron chi connectivity index (χ4n) is 4.33. The average molecular weight is 319 g/mol. The van der Waals surface area contributed by atoms with Crippen LogP contribution in [0.5, 0.6) is 0 Å². The molecule has 1 saturated heterocycles. The molecule has 2 nitrogen and oxygen atoms in total. The highest BCUT2D eigenvalue weighted by atomic mass is 16.2. The second kappa shape index (κ2) is 6.80. The molecule has 124 valence electrons. The van der Waals surface area contributed by atoms with E-state index in [0.717, 1.165) is 45.2 Å². The first kappa shape index (κ1) is 15.4. The Morgan fingerprint density at radius 3 is 2.25 bits per heavy atom. The van der Waals surface area contributed by atoms with Crippen LogP contribution in [0.2, 0.25) is 0 Å². The number of likely N-dealkylation sites (tertiary alicyclic amines) is 1. The lowest BCUT2D eigenvalue weighted by Crippen LogP contribution is -2.42. The Labute approximate surface area is 144 Å². The molecule has 2 aliphatic rings. The van der Waals surface area contributed by atoms with Crippen LogP contribution in [0.3, 0.4) is 0 Å². The largest absolute Gasteiger partial charge is 0.342 e. The SMILES string of the molecule is O=C(C1CCc2ccccc2C1)N1CCC(c2ccccc2)CC1. The number of nitrogens with zero attached hydrogens (tertiary/aromatic N) is 1. The molecule has 0 aromatic heterocycles. The maximum atomic E-state index is 12.9. The monoisotopic (exact) mass is 319 g/mol. The lowest BCUT2D eigenvalue weighted by atomic mass is 9.82. The number of hydrogen-bond acceptors (Lipinski definition) is 1. The van der Waals surface area contributed by atoms with E-state index in [0.29, 0.717) is 11.8 Å². The molecule has 0 N–H and O–H groups in total. The van der Waals surface area contributed by atoms with Gasteiger partial charge in [0.2, 0.25) is 5.91 Å². The molecule has 2 heteroatoms. The van der Waals surface area contributed by atoms with E-state index in [2.05, 4.69) is 59.5 Å². The number of carbonyl (C=O) groups excluding carboxylic acids is 1. The minimum absolute atomic E-state index is 0.188. The van der Waals surface area contributed by atoms with E-state index in [4.69, 9.17) is 0 Å². The maximum Gasteiger partial charge on any atom is 0.226 e. The van der Waals surface area contributed by atoms with Gasteiger partial charge in [0.1, 0.15) is 0 Å². The Balaban J connectivity index is 1.37. The van der Waals surface area contributed by atoms with Crippen LogP contribution in [-0.4, -0.2) is 23.9 Å². The molecule has 1 aliphatic carbocycles. The Morgan fingerprint density at radius 2 is 1.50 bits per heavy atom. The molecule has 0 spiro atoms. The fourth-order valence-corrected chi connectivity index (χ4v) is 4.33. The molecule has 0 radical (unpaired) electrons. The van der Waals surface area contributed by atoms with Crippen molar-refractivity contribution < 1.29 is 4.79 Å². The maximum absolute atomic E-state index is 12.9. The number of piperidine rings is 1. The predicted octanol–water partition coefficient (Wildman–Crippen LogP) is 4.20. The van der Waals surface area contributed by atoms with Crippen molar-refractivity contribution >= 4 is 5.91 Å². The fraction of sp³-hybridized carbons (Fsp3) is 0.409. The van der Waals surface area contributed by atoms with Crippen molar-refractivity contribution in [3.63, 3.8) is 0 Å². The van der Waals surface area contributed by atoms with E-state index in [1.54, 1.807) is 0 Å². The molecule has 1 aliphatic heterocycles. The van der Waals surface area contributed by atoms with Gasteiger partial charge in [0.15, 0.2) is 0 Å². The highest BCUT2D eigenvalue weighted by Gasteiger charge is 2.30. The van der Waals surface area contributed by atoms with Gasteiger partial charge in [-0.2, -0.15) is 0 Å². The highest BCUT2D eigenvalue weighted by Crippen LogP contribution is 2.31. The van der Waals surface area contributed by atoms with Crippen LogP contribution in [0.4, 0.5) is 0 Å². The molecule has 1 atom stereocenters. The van der Waals surface area contributed by atoms with E-state index in [-0.39, 0.29) is 5.92 Å². The minimum atomic E-state index is 0.188. The number of amides is 1. The second-order valence-electron chi connectivity index (χ2n) is 7.22. The third-order valence-corrected chi connectivity index (χ3v) is 5.77. The van der Waals surface area contributed by atoms with E-state index in [1.807, 2.05) is 0 Å². The summed E-state index contributed by atoms with van der Waals surface area (Å²) in [6, 6.07) is 19.4. The van der Waals surface area contributed by atoms with Crippen LogP contribution in [-0.2, 0) is 17.6 Å². The minimum Gasteiger partial charge on any atom is -0.342 e. The van der Waals surface area contributed by atoms with Gasteiger partial charge in [0, 0.05) is 19.0 Å². The molecule has 1 heterocycles. The number of fused-ring (bicyclic) bond motifs is 1. The number of rotatable bonds is 2. The summed E-state index contributed by atoms with van der Waals surface area (Å²) in [4.78, 5) is 15.1. The third-order valence-electron chi connectivity index (χ3n) is 5.77. The predicted molar refractivity (Wildman–Crippen MR) is 97.0 cm³/mol. The first-order valence-electron chi connectivity index (χ1n) is 9.22. The summed E-state index contributed by atoms with van der Waals surface area (Å²) < 4.78 is 0. The number of benzene rings is 2. The van der Waals surface area contributed by atoms with Gasteiger partial charge in [-0.15, -0.1) is 0 Å². The van der Waals surface area contributed by atoms with Crippen LogP contribution >= 0.6 is 0 Å². The topological polar surface area (TPSA) is 20.3 Å². The average Bonchev–Trinajstić information content (AvgIpc) is 2.68. The molecular weight excluding hydrogens is 294 g/mol. The summed E-state index contributed by atoms with van der Waals surface area (Å²) in [6.07, 6.45) is 5.17. The van der Waals surface area contributed by atoms with Crippen molar-refractivity contribution in [3.8, 4) is 0 Å². The third kappa shape index (κ3) is 3.10. The Kier molecular flexibility index (Phi) is 4.38. The summed E-state index contributed by atoms with van der Waals surface area (Å²) in [5.41, 5.74) is 4.24. The first-order valence-corrected chi connectivity index (χ1v) is 9.22. The van der Waals surface area contributed by atoms with Crippen LogP contribution < -0.4 is 0 Å². The van der Waals surface area contributed by atoms with Gasteiger partial charge < -0.3 is 4.90 Å². The van der Waals surface area contributed by atoms with Gasteiger partial charge in [-0.3, -0.25) is 4.79 Å².